The van der Waals surface area contributed by atoms with Gasteiger partial charge in [-0.05, 0) is 102 Å². The first-order chi connectivity index (χ1) is 18.8. The second-order valence-electron chi connectivity index (χ2n) is 14.5. The number of aliphatic hydroxyl groups is 2. The Morgan fingerprint density at radius 3 is 1.19 bits per heavy atom. The monoisotopic (exact) mass is 600 g/mol. The Balaban J connectivity index is 0.000000420. The second-order valence-corrected chi connectivity index (χ2v) is 14.5. The minimum absolute atomic E-state index is 0.248. The van der Waals surface area contributed by atoms with Gasteiger partial charge in [-0.15, -0.1) is 0 Å². The van der Waals surface area contributed by atoms with Crippen molar-refractivity contribution in [3.63, 3.8) is 0 Å². The predicted molar refractivity (Wildman–Crippen MR) is 156 cm³/mol. The van der Waals surface area contributed by atoms with Crippen LogP contribution in [0.2, 0.25) is 0 Å². The summed E-state index contributed by atoms with van der Waals surface area (Å²) in [4.78, 5) is 51.1. The van der Waals surface area contributed by atoms with Crippen molar-refractivity contribution >= 4 is 24.4 Å². The van der Waals surface area contributed by atoms with Crippen LogP contribution in [-0.2, 0) is 18.9 Å². The van der Waals surface area contributed by atoms with Crippen LogP contribution in [0.1, 0.15) is 109 Å². The van der Waals surface area contributed by atoms with E-state index in [0.29, 0.717) is 19.3 Å². The summed E-state index contributed by atoms with van der Waals surface area (Å²) < 4.78 is 21.1. The minimum Gasteiger partial charge on any atom is -0.443 e. The quantitative estimate of drug-likeness (QED) is 0.288. The Morgan fingerprint density at radius 1 is 0.571 bits per heavy atom. The van der Waals surface area contributed by atoms with E-state index in [2.05, 4.69) is 0 Å². The highest BCUT2D eigenvalue weighted by Crippen LogP contribution is 2.28. The van der Waals surface area contributed by atoms with Gasteiger partial charge in [0.1, 0.15) is 22.4 Å². The van der Waals surface area contributed by atoms with Gasteiger partial charge >= 0.3 is 24.4 Å². The molecule has 1 fully saturated rings. The summed E-state index contributed by atoms with van der Waals surface area (Å²) >= 11 is 0. The maximum atomic E-state index is 12.3. The lowest BCUT2D eigenvalue weighted by molar-refractivity contribution is -0.00896. The van der Waals surface area contributed by atoms with Gasteiger partial charge in [0.15, 0.2) is 0 Å². The molecule has 0 radical (unpaired) electrons. The number of nitrogens with zero attached hydrogens (tertiary/aromatic N) is 2. The van der Waals surface area contributed by atoms with E-state index in [9.17, 15) is 29.4 Å². The average Bonchev–Trinajstić information content (AvgIpc) is 3.31. The van der Waals surface area contributed by atoms with Gasteiger partial charge < -0.3 is 29.2 Å². The number of hydrogen-bond acceptors (Lipinski definition) is 10. The summed E-state index contributed by atoms with van der Waals surface area (Å²) in [5.74, 6) is 0. The van der Waals surface area contributed by atoms with Crippen LogP contribution in [0.3, 0.4) is 0 Å². The molecule has 2 rings (SSSR count). The molecule has 12 heteroatoms. The van der Waals surface area contributed by atoms with E-state index in [1.54, 1.807) is 95.2 Å². The molecule has 0 heterocycles. The number of carbonyl (C=O) groups excluding carboxylic acids is 4. The number of imide groups is 2. The normalized spacial score (nSPS) is 22.4. The van der Waals surface area contributed by atoms with Crippen LogP contribution in [0, 0.1) is 0 Å². The van der Waals surface area contributed by atoms with Crippen molar-refractivity contribution in [2.75, 3.05) is 0 Å². The van der Waals surface area contributed by atoms with Gasteiger partial charge in [-0.25, -0.2) is 29.0 Å². The first kappa shape index (κ1) is 37.2. The summed E-state index contributed by atoms with van der Waals surface area (Å²) in [5, 5.41) is 19.2. The summed E-state index contributed by atoms with van der Waals surface area (Å²) in [7, 11) is 0. The first-order valence-corrected chi connectivity index (χ1v) is 14.3. The van der Waals surface area contributed by atoms with Crippen molar-refractivity contribution < 1.29 is 48.3 Å². The Labute approximate surface area is 250 Å². The van der Waals surface area contributed by atoms with E-state index >= 15 is 0 Å². The standard InChI is InChI=1S/C15H27NO5.C15H25NO5/c2*1-14(2,3)20-12(18)16(10-7-8-11(17)9-10)13(19)21-15(4,5)6/h10-11,17H,7-9H2,1-6H3;7-8,10-11,17H,9H2,1-6H3. The second kappa shape index (κ2) is 14.1. The van der Waals surface area contributed by atoms with E-state index in [0.717, 1.165) is 9.80 Å². The van der Waals surface area contributed by atoms with Gasteiger partial charge in [-0.2, -0.15) is 0 Å². The zero-order chi connectivity index (χ0) is 32.8. The van der Waals surface area contributed by atoms with Gasteiger partial charge in [0.05, 0.1) is 18.2 Å². The molecule has 4 unspecified atom stereocenters. The number of amides is 4. The molecule has 0 bridgehead atoms. The summed E-state index contributed by atoms with van der Waals surface area (Å²) in [6.45, 7) is 20.7. The van der Waals surface area contributed by atoms with Crippen LogP contribution < -0.4 is 0 Å². The number of hydrogen-bond donors (Lipinski definition) is 2. The fraction of sp³-hybridized carbons (Fsp3) is 0.800. The molecule has 4 atom stereocenters. The van der Waals surface area contributed by atoms with Gasteiger partial charge in [0.2, 0.25) is 0 Å². The molecule has 0 saturated heterocycles. The lowest BCUT2D eigenvalue weighted by Gasteiger charge is -2.31. The molecule has 2 aliphatic rings. The smallest absolute Gasteiger partial charge is 0.420 e. The third-order valence-corrected chi connectivity index (χ3v) is 5.47. The van der Waals surface area contributed by atoms with Crippen LogP contribution in [0.4, 0.5) is 19.2 Å². The predicted octanol–water partition coefficient (Wildman–Crippen LogP) is 5.92. The molecule has 0 spiro atoms. The summed E-state index contributed by atoms with van der Waals surface area (Å²) in [5.41, 5.74) is -2.85. The van der Waals surface area contributed by atoms with Crippen LogP contribution in [0.25, 0.3) is 0 Å². The molecule has 12 nitrogen and oxygen atoms in total. The van der Waals surface area contributed by atoms with E-state index in [4.69, 9.17) is 18.9 Å². The SMILES string of the molecule is CC(C)(C)OC(=O)N(C(=O)OC(C)(C)C)C1C=CC(O)C1.CC(C)(C)OC(=O)N(C(=O)OC(C)(C)C)C1CCC(O)C1. The average molecular weight is 601 g/mol. The topological polar surface area (TPSA) is 152 Å². The zero-order valence-corrected chi connectivity index (χ0v) is 27.3. The first-order valence-electron chi connectivity index (χ1n) is 14.3. The van der Waals surface area contributed by atoms with Gasteiger partial charge in [-0.3, -0.25) is 0 Å². The molecule has 242 valence electrons. The lowest BCUT2D eigenvalue weighted by atomic mass is 10.2. The van der Waals surface area contributed by atoms with Crippen LogP contribution in [0.5, 0.6) is 0 Å². The Morgan fingerprint density at radius 2 is 0.929 bits per heavy atom. The van der Waals surface area contributed by atoms with Gasteiger partial charge in [0, 0.05) is 12.5 Å². The summed E-state index contributed by atoms with van der Waals surface area (Å²) in [6.07, 6.45) is 0.700. The van der Waals surface area contributed by atoms with E-state index < -0.39 is 65.0 Å². The molecular formula is C30H52N2O10. The third-order valence-electron chi connectivity index (χ3n) is 5.47. The Bertz CT molecular complexity index is 926. The molecule has 2 N–H and O–H groups in total. The fourth-order valence-electron chi connectivity index (χ4n) is 3.98. The van der Waals surface area contributed by atoms with Crippen molar-refractivity contribution in [3.05, 3.63) is 12.2 Å². The molecule has 0 aliphatic heterocycles. The van der Waals surface area contributed by atoms with Gasteiger partial charge in [0.25, 0.3) is 0 Å². The number of ether oxygens (including phenoxy) is 4. The van der Waals surface area contributed by atoms with E-state index in [1.807, 2.05) is 0 Å². The highest BCUT2D eigenvalue weighted by atomic mass is 16.6. The Hall–Kier alpha value is -2.86. The molecule has 0 aromatic rings. The van der Waals surface area contributed by atoms with E-state index in [1.165, 1.54) is 0 Å². The van der Waals surface area contributed by atoms with Gasteiger partial charge in [-0.1, -0.05) is 12.2 Å². The molecule has 42 heavy (non-hydrogen) atoms. The van der Waals surface area contributed by atoms with Crippen LogP contribution >= 0.6 is 0 Å². The van der Waals surface area contributed by atoms with Crippen LogP contribution in [0.15, 0.2) is 12.2 Å². The zero-order valence-electron chi connectivity index (χ0n) is 27.3. The molecule has 4 amide bonds. The minimum atomic E-state index is -0.777. The van der Waals surface area contributed by atoms with Crippen molar-refractivity contribution in [2.45, 2.75) is 155 Å². The number of carbonyl (C=O) groups is 4. The molecular weight excluding hydrogens is 548 g/mol. The van der Waals surface area contributed by atoms with Crippen molar-refractivity contribution in [1.29, 1.82) is 0 Å². The van der Waals surface area contributed by atoms with Crippen molar-refractivity contribution in [3.8, 4) is 0 Å². The highest BCUT2D eigenvalue weighted by Gasteiger charge is 2.40. The number of rotatable bonds is 2. The largest absolute Gasteiger partial charge is 0.443 e. The van der Waals surface area contributed by atoms with Crippen molar-refractivity contribution in [1.82, 2.24) is 9.80 Å². The number of aliphatic hydroxyl groups excluding tert-OH is 2. The Kier molecular flexibility index (Phi) is 12.5. The summed E-state index contributed by atoms with van der Waals surface area (Å²) in [6, 6.07) is -0.950. The lowest BCUT2D eigenvalue weighted by Crippen LogP contribution is -2.48. The maximum Gasteiger partial charge on any atom is 0.420 e. The molecule has 0 aromatic heterocycles. The van der Waals surface area contributed by atoms with E-state index in [-0.39, 0.29) is 12.5 Å². The fourth-order valence-corrected chi connectivity index (χ4v) is 3.98. The maximum absolute atomic E-state index is 12.3. The third kappa shape index (κ3) is 13.9. The highest BCUT2D eigenvalue weighted by molar-refractivity contribution is 5.89. The van der Waals surface area contributed by atoms with Crippen LogP contribution in [-0.4, -0.2) is 91.1 Å². The molecule has 2 aliphatic carbocycles. The molecule has 1 saturated carbocycles. The van der Waals surface area contributed by atoms with Crippen molar-refractivity contribution in [2.24, 2.45) is 0 Å². The molecule has 0 aromatic carbocycles.